The third kappa shape index (κ3) is 3.71. The van der Waals surface area contributed by atoms with Gasteiger partial charge in [-0.2, -0.15) is 0 Å². The SMILES string of the molecule is Cc1ccc(C(=O)c2ccccc2C(=O)NCC2CCCN2)cc1. The van der Waals surface area contributed by atoms with E-state index in [0.717, 1.165) is 24.9 Å². The summed E-state index contributed by atoms with van der Waals surface area (Å²) in [6, 6.07) is 14.7. The highest BCUT2D eigenvalue weighted by molar-refractivity contribution is 6.15. The van der Waals surface area contributed by atoms with Crippen LogP contribution in [0.3, 0.4) is 0 Å². The molecule has 1 fully saturated rings. The fraction of sp³-hybridized carbons (Fsp3) is 0.300. The number of hydrogen-bond acceptors (Lipinski definition) is 3. The smallest absolute Gasteiger partial charge is 0.252 e. The zero-order valence-electron chi connectivity index (χ0n) is 13.8. The molecule has 1 atom stereocenters. The maximum absolute atomic E-state index is 12.8. The molecule has 0 bridgehead atoms. The zero-order chi connectivity index (χ0) is 16.9. The Labute approximate surface area is 142 Å². The van der Waals surface area contributed by atoms with Crippen LogP contribution in [0.5, 0.6) is 0 Å². The molecule has 0 aromatic heterocycles. The topological polar surface area (TPSA) is 58.2 Å². The van der Waals surface area contributed by atoms with Gasteiger partial charge in [0.1, 0.15) is 0 Å². The van der Waals surface area contributed by atoms with Crippen LogP contribution in [0.2, 0.25) is 0 Å². The minimum Gasteiger partial charge on any atom is -0.350 e. The highest BCUT2D eigenvalue weighted by atomic mass is 16.2. The largest absolute Gasteiger partial charge is 0.350 e. The summed E-state index contributed by atoms with van der Waals surface area (Å²) in [7, 11) is 0. The molecule has 24 heavy (non-hydrogen) atoms. The minimum atomic E-state index is -0.195. The number of nitrogens with one attached hydrogen (secondary N) is 2. The van der Waals surface area contributed by atoms with E-state index in [4.69, 9.17) is 0 Å². The minimum absolute atomic E-state index is 0.125. The Morgan fingerprint density at radius 1 is 1.08 bits per heavy atom. The van der Waals surface area contributed by atoms with Crippen molar-refractivity contribution in [3.8, 4) is 0 Å². The van der Waals surface area contributed by atoms with Gasteiger partial charge in [-0.15, -0.1) is 0 Å². The van der Waals surface area contributed by atoms with Crippen molar-refractivity contribution in [1.29, 1.82) is 0 Å². The predicted molar refractivity (Wildman–Crippen MR) is 94.4 cm³/mol. The van der Waals surface area contributed by atoms with Crippen molar-refractivity contribution in [2.24, 2.45) is 0 Å². The summed E-state index contributed by atoms with van der Waals surface area (Å²) < 4.78 is 0. The maximum atomic E-state index is 12.8. The lowest BCUT2D eigenvalue weighted by Gasteiger charge is -2.13. The molecule has 4 heteroatoms. The first-order valence-corrected chi connectivity index (χ1v) is 8.37. The van der Waals surface area contributed by atoms with Crippen molar-refractivity contribution in [3.63, 3.8) is 0 Å². The highest BCUT2D eigenvalue weighted by Gasteiger charge is 2.20. The summed E-state index contributed by atoms with van der Waals surface area (Å²) in [5.74, 6) is -0.320. The Balaban J connectivity index is 1.77. The molecule has 0 aliphatic carbocycles. The molecule has 3 rings (SSSR count). The van der Waals surface area contributed by atoms with E-state index in [-0.39, 0.29) is 11.7 Å². The van der Waals surface area contributed by atoms with Gasteiger partial charge in [-0.05, 0) is 32.4 Å². The summed E-state index contributed by atoms with van der Waals surface area (Å²) in [5, 5.41) is 6.29. The molecule has 2 aromatic rings. The zero-order valence-corrected chi connectivity index (χ0v) is 13.8. The maximum Gasteiger partial charge on any atom is 0.252 e. The summed E-state index contributed by atoms with van der Waals surface area (Å²) in [6.07, 6.45) is 2.22. The van der Waals surface area contributed by atoms with Crippen LogP contribution in [-0.4, -0.2) is 30.8 Å². The second kappa shape index (κ2) is 7.41. The first-order chi connectivity index (χ1) is 11.6. The van der Waals surface area contributed by atoms with Gasteiger partial charge >= 0.3 is 0 Å². The van der Waals surface area contributed by atoms with Crippen LogP contribution in [-0.2, 0) is 0 Å². The van der Waals surface area contributed by atoms with Gasteiger partial charge in [0.25, 0.3) is 5.91 Å². The van der Waals surface area contributed by atoms with E-state index in [2.05, 4.69) is 10.6 Å². The molecule has 0 saturated carbocycles. The van der Waals surface area contributed by atoms with Crippen molar-refractivity contribution in [2.75, 3.05) is 13.1 Å². The third-order valence-electron chi connectivity index (χ3n) is 4.40. The number of aryl methyl sites for hydroxylation is 1. The van der Waals surface area contributed by atoms with Crippen LogP contribution in [0, 0.1) is 6.92 Å². The van der Waals surface area contributed by atoms with Crippen molar-refractivity contribution >= 4 is 11.7 Å². The van der Waals surface area contributed by atoms with Crippen LogP contribution in [0.4, 0.5) is 0 Å². The Bertz CT molecular complexity index is 732. The molecule has 0 spiro atoms. The number of rotatable bonds is 5. The highest BCUT2D eigenvalue weighted by Crippen LogP contribution is 2.16. The molecule has 2 N–H and O–H groups in total. The molecule has 124 valence electrons. The Hall–Kier alpha value is -2.46. The van der Waals surface area contributed by atoms with Gasteiger partial charge in [0, 0.05) is 23.7 Å². The van der Waals surface area contributed by atoms with Crippen LogP contribution in [0.15, 0.2) is 48.5 Å². The second-order valence-electron chi connectivity index (χ2n) is 6.24. The lowest BCUT2D eigenvalue weighted by Crippen LogP contribution is -2.37. The Kier molecular flexibility index (Phi) is 5.06. The molecular formula is C20H22N2O2. The summed E-state index contributed by atoms with van der Waals surface area (Å²) in [5.41, 5.74) is 2.57. The van der Waals surface area contributed by atoms with Crippen LogP contribution >= 0.6 is 0 Å². The molecule has 4 nitrogen and oxygen atoms in total. The van der Waals surface area contributed by atoms with Gasteiger partial charge in [-0.25, -0.2) is 0 Å². The number of carbonyl (C=O) groups is 2. The van der Waals surface area contributed by atoms with Crippen LogP contribution in [0.25, 0.3) is 0 Å². The molecule has 1 saturated heterocycles. The predicted octanol–water partition coefficient (Wildman–Crippen LogP) is 2.71. The van der Waals surface area contributed by atoms with Crippen molar-refractivity contribution in [1.82, 2.24) is 10.6 Å². The molecule has 1 aliphatic rings. The van der Waals surface area contributed by atoms with Gasteiger partial charge in [0.15, 0.2) is 5.78 Å². The number of benzene rings is 2. The summed E-state index contributed by atoms with van der Waals surface area (Å²) >= 11 is 0. The average Bonchev–Trinajstić information content (AvgIpc) is 3.13. The molecular weight excluding hydrogens is 300 g/mol. The molecule has 0 radical (unpaired) electrons. The van der Waals surface area contributed by atoms with Gasteiger partial charge < -0.3 is 10.6 Å². The quantitative estimate of drug-likeness (QED) is 0.832. The monoisotopic (exact) mass is 322 g/mol. The first kappa shape index (κ1) is 16.4. The molecule has 1 heterocycles. The average molecular weight is 322 g/mol. The number of ketones is 1. The Morgan fingerprint density at radius 3 is 2.46 bits per heavy atom. The lowest BCUT2D eigenvalue weighted by molar-refractivity contribution is 0.0939. The number of carbonyl (C=O) groups excluding carboxylic acids is 2. The summed E-state index contributed by atoms with van der Waals surface area (Å²) in [4.78, 5) is 25.3. The normalized spacial score (nSPS) is 16.8. The van der Waals surface area contributed by atoms with E-state index in [1.807, 2.05) is 19.1 Å². The molecule has 1 amide bonds. The van der Waals surface area contributed by atoms with E-state index >= 15 is 0 Å². The second-order valence-corrected chi connectivity index (χ2v) is 6.24. The third-order valence-corrected chi connectivity index (χ3v) is 4.40. The molecule has 1 unspecified atom stereocenters. The fourth-order valence-electron chi connectivity index (χ4n) is 2.98. The van der Waals surface area contributed by atoms with E-state index in [0.29, 0.717) is 29.3 Å². The van der Waals surface area contributed by atoms with Crippen LogP contribution in [0.1, 0.15) is 44.7 Å². The first-order valence-electron chi connectivity index (χ1n) is 8.37. The van der Waals surface area contributed by atoms with Crippen molar-refractivity contribution in [3.05, 3.63) is 70.8 Å². The fourth-order valence-corrected chi connectivity index (χ4v) is 2.98. The van der Waals surface area contributed by atoms with Crippen molar-refractivity contribution in [2.45, 2.75) is 25.8 Å². The van der Waals surface area contributed by atoms with Gasteiger partial charge in [-0.3, -0.25) is 9.59 Å². The van der Waals surface area contributed by atoms with E-state index in [9.17, 15) is 9.59 Å². The van der Waals surface area contributed by atoms with E-state index < -0.39 is 0 Å². The van der Waals surface area contributed by atoms with Crippen molar-refractivity contribution < 1.29 is 9.59 Å². The number of hydrogen-bond donors (Lipinski definition) is 2. The number of amides is 1. The van der Waals surface area contributed by atoms with Gasteiger partial charge in [-0.1, -0.05) is 48.0 Å². The van der Waals surface area contributed by atoms with Gasteiger partial charge in [0.2, 0.25) is 0 Å². The van der Waals surface area contributed by atoms with E-state index in [1.165, 1.54) is 0 Å². The molecule has 1 aliphatic heterocycles. The Morgan fingerprint density at radius 2 is 1.79 bits per heavy atom. The lowest BCUT2D eigenvalue weighted by atomic mass is 9.97. The summed E-state index contributed by atoms with van der Waals surface area (Å²) in [6.45, 7) is 3.57. The molecule has 2 aromatic carbocycles. The standard InChI is InChI=1S/C20H22N2O2/c1-14-8-10-15(11-9-14)19(23)17-6-2-3-7-18(17)20(24)22-13-16-5-4-12-21-16/h2-3,6-11,16,21H,4-5,12-13H2,1H3,(H,22,24). The van der Waals surface area contributed by atoms with Crippen LogP contribution < -0.4 is 10.6 Å². The van der Waals surface area contributed by atoms with Gasteiger partial charge in [0.05, 0.1) is 5.56 Å². The van der Waals surface area contributed by atoms with E-state index in [1.54, 1.807) is 36.4 Å².